The molecular weight excluding hydrogens is 381 g/mol. The number of rotatable bonds is 5. The van der Waals surface area contributed by atoms with E-state index in [0.717, 1.165) is 30.7 Å². The first-order valence-corrected chi connectivity index (χ1v) is 8.54. The Kier molecular flexibility index (Phi) is 5.65. The van der Waals surface area contributed by atoms with Crippen LogP contribution in [0.4, 0.5) is 13.2 Å². The van der Waals surface area contributed by atoms with Crippen LogP contribution in [0.25, 0.3) is 6.08 Å². The van der Waals surface area contributed by atoms with Gasteiger partial charge in [0.15, 0.2) is 5.82 Å². The molecule has 134 valence electrons. The number of nitrogens with zero attached hydrogens (tertiary/aromatic N) is 2. The molecule has 0 aliphatic rings. The minimum atomic E-state index is -4.86. The van der Waals surface area contributed by atoms with Gasteiger partial charge in [0.05, 0.1) is 12.4 Å². The highest BCUT2D eigenvalue weighted by molar-refractivity contribution is 7.89. The Balaban J connectivity index is 2.35. The number of sulfonamides is 1. The fourth-order valence-corrected chi connectivity index (χ4v) is 3.06. The van der Waals surface area contributed by atoms with Crippen LogP contribution in [-0.2, 0) is 10.0 Å². The second-order valence-electron chi connectivity index (χ2n) is 4.78. The van der Waals surface area contributed by atoms with Crippen molar-refractivity contribution in [3.63, 3.8) is 0 Å². The van der Waals surface area contributed by atoms with Crippen molar-refractivity contribution in [2.24, 2.45) is 5.73 Å². The number of nitrogens with two attached hydrogens (primary N) is 1. The SMILES string of the molecule is NC=Cc1ncc(S(=O)(=O)N[C@H](c2ccc(Cl)cc2)C(F)(F)F)cn1. The maximum Gasteiger partial charge on any atom is 0.408 e. The maximum absolute atomic E-state index is 13.3. The highest BCUT2D eigenvalue weighted by atomic mass is 35.5. The lowest BCUT2D eigenvalue weighted by molar-refractivity contribution is -0.153. The van der Waals surface area contributed by atoms with E-state index in [1.54, 1.807) is 4.72 Å². The van der Waals surface area contributed by atoms with Gasteiger partial charge in [0.2, 0.25) is 10.0 Å². The minimum absolute atomic E-state index is 0.117. The Labute approximate surface area is 146 Å². The summed E-state index contributed by atoms with van der Waals surface area (Å²) in [5.74, 6) is 0.117. The molecule has 0 unspecified atom stereocenters. The molecule has 0 spiro atoms. The number of hydrogen-bond donors (Lipinski definition) is 2. The molecule has 0 saturated carbocycles. The number of hydrogen-bond acceptors (Lipinski definition) is 5. The summed E-state index contributed by atoms with van der Waals surface area (Å²) < 4.78 is 66.0. The largest absolute Gasteiger partial charge is 0.408 e. The molecule has 25 heavy (non-hydrogen) atoms. The fraction of sp³-hybridized carbons (Fsp3) is 0.143. The van der Waals surface area contributed by atoms with E-state index in [-0.39, 0.29) is 16.4 Å². The molecule has 0 aliphatic carbocycles. The van der Waals surface area contributed by atoms with E-state index in [4.69, 9.17) is 17.3 Å². The van der Waals surface area contributed by atoms with Crippen LogP contribution in [-0.4, -0.2) is 24.6 Å². The molecule has 0 radical (unpaired) electrons. The number of halogens is 4. The van der Waals surface area contributed by atoms with Gasteiger partial charge < -0.3 is 5.73 Å². The topological polar surface area (TPSA) is 98.0 Å². The summed E-state index contributed by atoms with van der Waals surface area (Å²) in [5, 5.41) is 0.226. The summed E-state index contributed by atoms with van der Waals surface area (Å²) in [4.78, 5) is 6.88. The molecule has 2 aromatic rings. The van der Waals surface area contributed by atoms with Gasteiger partial charge in [0.25, 0.3) is 0 Å². The van der Waals surface area contributed by atoms with Crippen LogP contribution in [0.5, 0.6) is 0 Å². The fourth-order valence-electron chi connectivity index (χ4n) is 1.84. The zero-order valence-corrected chi connectivity index (χ0v) is 14.0. The predicted molar refractivity (Wildman–Crippen MR) is 85.8 cm³/mol. The van der Waals surface area contributed by atoms with E-state index in [9.17, 15) is 21.6 Å². The van der Waals surface area contributed by atoms with Crippen molar-refractivity contribution >= 4 is 27.7 Å². The predicted octanol–water partition coefficient (Wildman–Crippen LogP) is 2.64. The molecule has 0 amide bonds. The normalized spacial score (nSPS) is 13.9. The standard InChI is InChI=1S/C14H12ClF3N4O2S/c15-10-3-1-9(2-4-10)13(14(16,17)18)22-25(23,24)11-7-20-12(5-6-19)21-8-11/h1-8,13,22H,19H2/t13-/m1/s1. The first kappa shape index (κ1) is 19.2. The Hall–Kier alpha value is -2.17. The van der Waals surface area contributed by atoms with E-state index in [1.807, 2.05) is 0 Å². The van der Waals surface area contributed by atoms with E-state index in [2.05, 4.69) is 9.97 Å². The van der Waals surface area contributed by atoms with Crippen LogP contribution < -0.4 is 10.5 Å². The molecule has 0 saturated heterocycles. The van der Waals surface area contributed by atoms with Gasteiger partial charge in [-0.15, -0.1) is 0 Å². The zero-order chi connectivity index (χ0) is 18.7. The molecule has 1 aromatic heterocycles. The van der Waals surface area contributed by atoms with Gasteiger partial charge in [-0.25, -0.2) is 18.4 Å². The third-order valence-corrected chi connectivity index (χ3v) is 4.64. The Morgan fingerprint density at radius 2 is 1.72 bits per heavy atom. The highest BCUT2D eigenvalue weighted by Crippen LogP contribution is 2.34. The van der Waals surface area contributed by atoms with Crippen LogP contribution in [0.2, 0.25) is 5.02 Å². The molecule has 6 nitrogen and oxygen atoms in total. The lowest BCUT2D eigenvalue weighted by Gasteiger charge is -2.22. The van der Waals surface area contributed by atoms with Crippen LogP contribution in [0, 0.1) is 0 Å². The molecule has 0 fully saturated rings. The van der Waals surface area contributed by atoms with Gasteiger partial charge >= 0.3 is 6.18 Å². The maximum atomic E-state index is 13.3. The average Bonchev–Trinajstić information content (AvgIpc) is 2.54. The van der Waals surface area contributed by atoms with Gasteiger partial charge in [-0.1, -0.05) is 23.7 Å². The molecule has 2 rings (SSSR count). The monoisotopic (exact) mass is 392 g/mol. The number of alkyl halides is 3. The average molecular weight is 393 g/mol. The lowest BCUT2D eigenvalue weighted by atomic mass is 10.1. The lowest BCUT2D eigenvalue weighted by Crippen LogP contribution is -2.38. The highest BCUT2D eigenvalue weighted by Gasteiger charge is 2.43. The summed E-state index contributed by atoms with van der Waals surface area (Å²) in [7, 11) is -4.52. The summed E-state index contributed by atoms with van der Waals surface area (Å²) in [6.45, 7) is 0. The van der Waals surface area contributed by atoms with Crippen molar-refractivity contribution in [2.75, 3.05) is 0 Å². The second kappa shape index (κ2) is 7.38. The molecule has 0 aliphatic heterocycles. The van der Waals surface area contributed by atoms with Gasteiger partial charge in [-0.05, 0) is 30.0 Å². The van der Waals surface area contributed by atoms with Crippen molar-refractivity contribution in [3.05, 3.63) is 59.3 Å². The smallest absolute Gasteiger partial charge is 0.404 e. The zero-order valence-electron chi connectivity index (χ0n) is 12.4. The van der Waals surface area contributed by atoms with Crippen molar-refractivity contribution in [1.29, 1.82) is 0 Å². The molecule has 1 heterocycles. The molecule has 1 aromatic carbocycles. The first-order chi connectivity index (χ1) is 11.6. The Bertz CT molecular complexity index is 853. The summed E-state index contributed by atoms with van der Waals surface area (Å²) >= 11 is 5.65. The Morgan fingerprint density at radius 3 is 2.20 bits per heavy atom. The number of aromatic nitrogens is 2. The summed E-state index contributed by atoms with van der Waals surface area (Å²) in [5.41, 5.74) is 4.85. The summed E-state index contributed by atoms with van der Waals surface area (Å²) in [6, 6.07) is 2.21. The van der Waals surface area contributed by atoms with Gasteiger partial charge in [-0.2, -0.15) is 17.9 Å². The molecule has 0 bridgehead atoms. The van der Waals surface area contributed by atoms with Gasteiger partial charge in [0.1, 0.15) is 10.9 Å². The van der Waals surface area contributed by atoms with Crippen molar-refractivity contribution in [2.45, 2.75) is 17.1 Å². The van der Waals surface area contributed by atoms with Crippen LogP contribution in [0.15, 0.2) is 47.8 Å². The van der Waals surface area contributed by atoms with Crippen LogP contribution in [0.3, 0.4) is 0 Å². The molecule has 3 N–H and O–H groups in total. The third-order valence-electron chi connectivity index (χ3n) is 3.01. The van der Waals surface area contributed by atoms with Gasteiger partial charge in [-0.3, -0.25) is 0 Å². The van der Waals surface area contributed by atoms with Crippen molar-refractivity contribution < 1.29 is 21.6 Å². The van der Waals surface area contributed by atoms with E-state index < -0.39 is 27.1 Å². The van der Waals surface area contributed by atoms with E-state index in [0.29, 0.717) is 0 Å². The molecule has 11 heteroatoms. The first-order valence-electron chi connectivity index (χ1n) is 6.68. The minimum Gasteiger partial charge on any atom is -0.404 e. The molecule has 1 atom stereocenters. The second-order valence-corrected chi connectivity index (χ2v) is 6.93. The number of nitrogens with one attached hydrogen (secondary N) is 1. The summed E-state index contributed by atoms with van der Waals surface area (Å²) in [6.07, 6.45) is -0.637. The van der Waals surface area contributed by atoms with Crippen molar-refractivity contribution in [3.8, 4) is 0 Å². The van der Waals surface area contributed by atoms with Crippen molar-refractivity contribution in [1.82, 2.24) is 14.7 Å². The van der Waals surface area contributed by atoms with E-state index in [1.165, 1.54) is 18.2 Å². The molecular formula is C14H12ClF3N4O2S. The van der Waals surface area contributed by atoms with Crippen LogP contribution in [0.1, 0.15) is 17.4 Å². The van der Waals surface area contributed by atoms with E-state index >= 15 is 0 Å². The van der Waals surface area contributed by atoms with Gasteiger partial charge in [0, 0.05) is 5.02 Å². The Morgan fingerprint density at radius 1 is 1.16 bits per heavy atom. The van der Waals surface area contributed by atoms with Crippen LogP contribution >= 0.6 is 11.6 Å². The number of benzene rings is 1. The quantitative estimate of drug-likeness (QED) is 0.815. The third kappa shape index (κ3) is 4.91.